The summed E-state index contributed by atoms with van der Waals surface area (Å²) in [7, 11) is 0. The largest absolute Gasteiger partial charge is 0.511 e. The van der Waals surface area contributed by atoms with Crippen LogP contribution in [0.4, 0.5) is 18.0 Å². The van der Waals surface area contributed by atoms with Gasteiger partial charge in [0.2, 0.25) is 5.43 Å². The zero-order valence-corrected chi connectivity index (χ0v) is 13.6. The molecule has 140 valence electrons. The summed E-state index contributed by atoms with van der Waals surface area (Å²) in [5.41, 5.74) is -0.219. The number of carbonyl (C=O) groups is 1. The number of nitrogens with zero attached hydrogens (tertiary/aromatic N) is 1. The third-order valence-electron chi connectivity index (χ3n) is 3.71. The summed E-state index contributed by atoms with van der Waals surface area (Å²) in [4.78, 5) is 23.1. The first-order valence-electron chi connectivity index (χ1n) is 7.61. The van der Waals surface area contributed by atoms with E-state index in [1.54, 1.807) is 0 Å². The molecule has 0 atom stereocenters. The van der Waals surface area contributed by atoms with Gasteiger partial charge < -0.3 is 19.1 Å². The maximum atomic E-state index is 14.3. The van der Waals surface area contributed by atoms with Crippen molar-refractivity contribution in [2.24, 2.45) is 0 Å². The van der Waals surface area contributed by atoms with E-state index < -0.39 is 29.8 Å². The SMILES string of the molecule is O=C(O)Oc1cn(Cc2ccc(OC(F)F)cc2)c2c(F)cccc2c1=O. The van der Waals surface area contributed by atoms with Crippen LogP contribution in [0.1, 0.15) is 5.56 Å². The lowest BCUT2D eigenvalue weighted by atomic mass is 10.1. The van der Waals surface area contributed by atoms with Crippen LogP contribution < -0.4 is 14.9 Å². The van der Waals surface area contributed by atoms with Gasteiger partial charge in [-0.2, -0.15) is 8.78 Å². The molecule has 0 aliphatic rings. The van der Waals surface area contributed by atoms with Crippen LogP contribution in [0.3, 0.4) is 0 Å². The second-order valence-corrected chi connectivity index (χ2v) is 5.48. The Labute approximate surface area is 150 Å². The molecule has 3 rings (SSSR count). The van der Waals surface area contributed by atoms with Gasteiger partial charge in [-0.15, -0.1) is 0 Å². The van der Waals surface area contributed by atoms with Crippen molar-refractivity contribution in [2.45, 2.75) is 13.2 Å². The topological polar surface area (TPSA) is 77.8 Å². The Kier molecular flexibility index (Phi) is 5.02. The van der Waals surface area contributed by atoms with Gasteiger partial charge in [0.15, 0.2) is 5.75 Å². The van der Waals surface area contributed by atoms with E-state index in [0.29, 0.717) is 5.56 Å². The van der Waals surface area contributed by atoms with Crippen LogP contribution in [0.15, 0.2) is 53.5 Å². The lowest BCUT2D eigenvalue weighted by molar-refractivity contribution is -0.0498. The standard InChI is InChI=1S/C18H12F3NO5/c19-13-3-1-2-12-15(13)22(9-14(16(12)23)27-18(24)25)8-10-4-6-11(7-5-10)26-17(20)21/h1-7,9,17H,8H2,(H,24,25). The summed E-state index contributed by atoms with van der Waals surface area (Å²) in [5, 5.41) is 8.73. The Hall–Kier alpha value is -3.49. The molecule has 0 spiro atoms. The van der Waals surface area contributed by atoms with Crippen LogP contribution in [0.25, 0.3) is 10.9 Å². The monoisotopic (exact) mass is 379 g/mol. The van der Waals surface area contributed by atoms with E-state index in [2.05, 4.69) is 9.47 Å². The first kappa shape index (κ1) is 18.3. The van der Waals surface area contributed by atoms with Crippen LogP contribution in [0.5, 0.6) is 11.5 Å². The maximum Gasteiger partial charge on any atom is 0.511 e. The average Bonchev–Trinajstić information content (AvgIpc) is 2.59. The minimum Gasteiger partial charge on any atom is -0.449 e. The molecular formula is C18H12F3NO5. The van der Waals surface area contributed by atoms with Crippen molar-refractivity contribution in [2.75, 3.05) is 0 Å². The van der Waals surface area contributed by atoms with E-state index >= 15 is 0 Å². The van der Waals surface area contributed by atoms with Gasteiger partial charge in [0.1, 0.15) is 11.6 Å². The summed E-state index contributed by atoms with van der Waals surface area (Å²) in [6.45, 7) is -2.92. The van der Waals surface area contributed by atoms with Gasteiger partial charge in [0, 0.05) is 6.54 Å². The number of para-hydroxylation sites is 1. The third kappa shape index (κ3) is 4.02. The number of hydrogen-bond acceptors (Lipinski definition) is 4. The first-order chi connectivity index (χ1) is 12.8. The fourth-order valence-electron chi connectivity index (χ4n) is 2.65. The number of fused-ring (bicyclic) bond motifs is 1. The van der Waals surface area contributed by atoms with Crippen molar-refractivity contribution in [3.05, 3.63) is 70.3 Å². The maximum absolute atomic E-state index is 14.3. The summed E-state index contributed by atoms with van der Waals surface area (Å²) in [6.07, 6.45) is -0.589. The predicted octanol–water partition coefficient (Wildman–Crippen LogP) is 3.85. The van der Waals surface area contributed by atoms with Crippen molar-refractivity contribution < 1.29 is 32.5 Å². The molecule has 0 fully saturated rings. The Bertz CT molecular complexity index is 1050. The molecule has 1 N–H and O–H groups in total. The molecule has 0 radical (unpaired) electrons. The Balaban J connectivity index is 2.06. The predicted molar refractivity (Wildman–Crippen MR) is 89.0 cm³/mol. The normalized spacial score (nSPS) is 11.0. The van der Waals surface area contributed by atoms with E-state index in [0.717, 1.165) is 12.3 Å². The molecule has 2 aromatic carbocycles. The van der Waals surface area contributed by atoms with Crippen molar-refractivity contribution in [1.82, 2.24) is 4.57 Å². The Morgan fingerprint density at radius 3 is 2.48 bits per heavy atom. The Morgan fingerprint density at radius 2 is 1.85 bits per heavy atom. The van der Waals surface area contributed by atoms with Gasteiger partial charge in [0.25, 0.3) is 0 Å². The smallest absolute Gasteiger partial charge is 0.449 e. The van der Waals surface area contributed by atoms with Crippen molar-refractivity contribution in [3.8, 4) is 11.5 Å². The Morgan fingerprint density at radius 1 is 1.15 bits per heavy atom. The molecule has 0 saturated carbocycles. The highest BCUT2D eigenvalue weighted by Gasteiger charge is 2.16. The van der Waals surface area contributed by atoms with E-state index in [4.69, 9.17) is 5.11 Å². The van der Waals surface area contributed by atoms with E-state index in [1.807, 2.05) is 0 Å². The van der Waals surface area contributed by atoms with Crippen LogP contribution in [-0.4, -0.2) is 22.4 Å². The van der Waals surface area contributed by atoms with Gasteiger partial charge >= 0.3 is 12.8 Å². The fraction of sp³-hybridized carbons (Fsp3) is 0.111. The second kappa shape index (κ2) is 7.40. The molecule has 1 heterocycles. The molecule has 0 aliphatic carbocycles. The number of rotatable bonds is 5. The summed E-state index contributed by atoms with van der Waals surface area (Å²) < 4.78 is 48.8. The van der Waals surface area contributed by atoms with E-state index in [9.17, 15) is 22.8 Å². The molecule has 0 saturated heterocycles. The second-order valence-electron chi connectivity index (χ2n) is 5.48. The van der Waals surface area contributed by atoms with Crippen LogP contribution in [0.2, 0.25) is 0 Å². The number of aromatic nitrogens is 1. The quantitative estimate of drug-likeness (QED) is 0.682. The zero-order valence-electron chi connectivity index (χ0n) is 13.6. The zero-order chi connectivity index (χ0) is 19.6. The molecule has 0 amide bonds. The fourth-order valence-corrected chi connectivity index (χ4v) is 2.65. The summed E-state index contributed by atoms with van der Waals surface area (Å²) in [5.74, 6) is -1.19. The first-order valence-corrected chi connectivity index (χ1v) is 7.61. The van der Waals surface area contributed by atoms with Crippen molar-refractivity contribution in [3.63, 3.8) is 0 Å². The highest BCUT2D eigenvalue weighted by Crippen LogP contribution is 2.21. The lowest BCUT2D eigenvalue weighted by Crippen LogP contribution is -2.17. The lowest BCUT2D eigenvalue weighted by Gasteiger charge is -2.14. The third-order valence-corrected chi connectivity index (χ3v) is 3.71. The number of pyridine rings is 1. The molecule has 0 aliphatic heterocycles. The molecule has 27 heavy (non-hydrogen) atoms. The highest BCUT2D eigenvalue weighted by molar-refractivity contribution is 5.81. The number of hydrogen-bond donors (Lipinski definition) is 1. The molecule has 6 nitrogen and oxygen atoms in total. The molecule has 3 aromatic rings. The minimum atomic E-state index is -2.96. The number of halogens is 3. The van der Waals surface area contributed by atoms with Crippen LogP contribution >= 0.6 is 0 Å². The minimum absolute atomic E-state index is 0.0304. The van der Waals surface area contributed by atoms with Gasteiger partial charge in [-0.05, 0) is 29.8 Å². The number of benzene rings is 2. The molecular weight excluding hydrogens is 367 g/mol. The van der Waals surface area contributed by atoms with Gasteiger partial charge in [-0.1, -0.05) is 18.2 Å². The number of alkyl halides is 2. The average molecular weight is 379 g/mol. The highest BCUT2D eigenvalue weighted by atomic mass is 19.3. The summed E-state index contributed by atoms with van der Waals surface area (Å²) in [6, 6.07) is 9.44. The number of carboxylic acid groups (broad SMARTS) is 1. The van der Waals surface area contributed by atoms with Crippen LogP contribution in [-0.2, 0) is 6.54 Å². The summed E-state index contributed by atoms with van der Waals surface area (Å²) >= 11 is 0. The van der Waals surface area contributed by atoms with Gasteiger partial charge in [-0.25, -0.2) is 9.18 Å². The van der Waals surface area contributed by atoms with Crippen molar-refractivity contribution in [1.29, 1.82) is 0 Å². The van der Waals surface area contributed by atoms with Gasteiger partial charge in [-0.3, -0.25) is 4.79 Å². The number of ether oxygens (including phenoxy) is 2. The molecule has 1 aromatic heterocycles. The van der Waals surface area contributed by atoms with E-state index in [1.165, 1.54) is 41.0 Å². The molecule has 0 bridgehead atoms. The van der Waals surface area contributed by atoms with Crippen LogP contribution in [0, 0.1) is 5.82 Å². The molecule has 0 unspecified atom stereocenters. The van der Waals surface area contributed by atoms with E-state index in [-0.39, 0.29) is 23.2 Å². The molecule has 9 heteroatoms. The van der Waals surface area contributed by atoms with Gasteiger partial charge in [0.05, 0.1) is 17.1 Å². The van der Waals surface area contributed by atoms with Crippen molar-refractivity contribution >= 4 is 17.1 Å².